The Kier molecular flexibility index (Phi) is 6.70. The molecule has 0 bridgehead atoms. The van der Waals surface area contributed by atoms with E-state index in [1.165, 1.54) is 24.4 Å². The second-order valence-electron chi connectivity index (χ2n) is 4.88. The van der Waals surface area contributed by atoms with Gasteiger partial charge in [-0.15, -0.1) is 0 Å². The summed E-state index contributed by atoms with van der Waals surface area (Å²) in [6.07, 6.45) is 1.35. The lowest BCUT2D eigenvalue weighted by molar-refractivity contribution is -0.384. The molecule has 2 N–H and O–H groups in total. The number of aromatic hydroxyl groups is 1. The van der Waals surface area contributed by atoms with E-state index in [9.17, 15) is 20.0 Å². The van der Waals surface area contributed by atoms with E-state index < -0.39 is 10.8 Å². The predicted molar refractivity (Wildman–Crippen MR) is 103 cm³/mol. The van der Waals surface area contributed by atoms with E-state index >= 15 is 0 Å². The fourth-order valence-electron chi connectivity index (χ4n) is 1.96. The van der Waals surface area contributed by atoms with Crippen LogP contribution in [-0.4, -0.2) is 28.8 Å². The van der Waals surface area contributed by atoms with Crippen molar-refractivity contribution in [2.45, 2.75) is 6.92 Å². The maximum absolute atomic E-state index is 12.1. The number of nitro benzene ring substituents is 1. The first-order chi connectivity index (χ1) is 12.3. The largest absolute Gasteiger partial charge is 0.503 e. The van der Waals surface area contributed by atoms with Gasteiger partial charge >= 0.3 is 0 Å². The third kappa shape index (κ3) is 4.58. The number of ether oxygens (including phenoxy) is 1. The molecular formula is C16H13Br2N3O5. The lowest BCUT2D eigenvalue weighted by Gasteiger charge is -2.10. The number of nitro groups is 1. The Morgan fingerprint density at radius 2 is 2.12 bits per heavy atom. The fraction of sp³-hybridized carbons (Fsp3) is 0.125. The molecule has 0 unspecified atom stereocenters. The Bertz CT molecular complexity index is 886. The number of carbonyl (C=O) groups excluding carboxylic acids is 1. The minimum atomic E-state index is -0.594. The third-order valence-corrected chi connectivity index (χ3v) is 5.32. The maximum Gasteiger partial charge on any atom is 0.271 e. The number of benzene rings is 2. The number of phenolic OH excluding ortho intramolecular Hbond substituents is 1. The fourth-order valence-corrected chi connectivity index (χ4v) is 2.79. The van der Waals surface area contributed by atoms with E-state index in [1.54, 1.807) is 13.0 Å². The van der Waals surface area contributed by atoms with Crippen molar-refractivity contribution in [3.05, 3.63) is 60.5 Å². The van der Waals surface area contributed by atoms with Crippen molar-refractivity contribution in [3.63, 3.8) is 0 Å². The highest BCUT2D eigenvalue weighted by Crippen LogP contribution is 2.41. The Morgan fingerprint density at radius 1 is 1.38 bits per heavy atom. The van der Waals surface area contributed by atoms with E-state index in [4.69, 9.17) is 4.74 Å². The number of hydrogen-bond donors (Lipinski definition) is 2. The highest BCUT2D eigenvalue weighted by atomic mass is 79.9. The van der Waals surface area contributed by atoms with Crippen LogP contribution in [0.3, 0.4) is 0 Å². The molecule has 0 heterocycles. The van der Waals surface area contributed by atoms with E-state index in [0.29, 0.717) is 21.1 Å². The molecule has 0 saturated carbocycles. The van der Waals surface area contributed by atoms with Crippen molar-refractivity contribution < 1.29 is 19.6 Å². The summed E-state index contributed by atoms with van der Waals surface area (Å²) in [5, 5.41) is 24.6. The minimum Gasteiger partial charge on any atom is -0.503 e. The molecule has 2 aromatic carbocycles. The topological polar surface area (TPSA) is 114 Å². The first-order valence-corrected chi connectivity index (χ1v) is 8.85. The van der Waals surface area contributed by atoms with Gasteiger partial charge in [0.1, 0.15) is 0 Å². The van der Waals surface area contributed by atoms with Crippen LogP contribution in [-0.2, 0) is 0 Å². The molecule has 8 nitrogen and oxygen atoms in total. The van der Waals surface area contributed by atoms with Crippen LogP contribution in [0.4, 0.5) is 5.69 Å². The number of nitrogens with one attached hydrogen (secondary N) is 1. The van der Waals surface area contributed by atoms with Gasteiger partial charge in [0, 0.05) is 27.7 Å². The number of rotatable bonds is 6. The van der Waals surface area contributed by atoms with Gasteiger partial charge in [0.2, 0.25) is 0 Å². The number of non-ortho nitro benzene ring substituents is 1. The van der Waals surface area contributed by atoms with Crippen molar-refractivity contribution >= 4 is 49.7 Å². The third-order valence-electron chi connectivity index (χ3n) is 3.16. The van der Waals surface area contributed by atoms with Crippen LogP contribution in [0.2, 0.25) is 0 Å². The Morgan fingerprint density at radius 3 is 2.77 bits per heavy atom. The zero-order chi connectivity index (χ0) is 19.3. The van der Waals surface area contributed by atoms with Crippen molar-refractivity contribution in [2.75, 3.05) is 6.61 Å². The molecule has 2 rings (SSSR count). The van der Waals surface area contributed by atoms with Crippen molar-refractivity contribution in [3.8, 4) is 11.5 Å². The van der Waals surface area contributed by atoms with Gasteiger partial charge in [0.05, 0.1) is 22.2 Å². The van der Waals surface area contributed by atoms with E-state index in [2.05, 4.69) is 42.4 Å². The summed E-state index contributed by atoms with van der Waals surface area (Å²) in [5.41, 5.74) is 2.76. The number of amides is 1. The number of carbonyl (C=O) groups is 1. The molecule has 0 atom stereocenters. The molecule has 1 amide bonds. The van der Waals surface area contributed by atoms with Gasteiger partial charge in [-0.3, -0.25) is 14.9 Å². The van der Waals surface area contributed by atoms with E-state index in [1.807, 2.05) is 0 Å². The molecule has 10 heteroatoms. The average molecular weight is 487 g/mol. The first kappa shape index (κ1) is 19.9. The van der Waals surface area contributed by atoms with Crippen LogP contribution in [0.15, 0.2) is 44.4 Å². The second kappa shape index (κ2) is 8.77. The Hall–Kier alpha value is -2.46. The van der Waals surface area contributed by atoms with Crippen molar-refractivity contribution in [1.82, 2.24) is 5.43 Å². The number of halogens is 2. The number of hydrogen-bond acceptors (Lipinski definition) is 6. The summed E-state index contributed by atoms with van der Waals surface area (Å²) in [7, 11) is 0. The van der Waals surface area contributed by atoms with Gasteiger partial charge in [-0.2, -0.15) is 5.10 Å². The van der Waals surface area contributed by atoms with Gasteiger partial charge in [-0.25, -0.2) is 5.43 Å². The van der Waals surface area contributed by atoms with Crippen LogP contribution in [0.1, 0.15) is 22.8 Å². The molecule has 0 aromatic heterocycles. The molecule has 2 aromatic rings. The van der Waals surface area contributed by atoms with Gasteiger partial charge in [-0.1, -0.05) is 6.07 Å². The number of nitrogens with zero attached hydrogens (tertiary/aromatic N) is 2. The van der Waals surface area contributed by atoms with Crippen molar-refractivity contribution in [1.29, 1.82) is 0 Å². The summed E-state index contributed by atoms with van der Waals surface area (Å²) < 4.78 is 6.24. The molecular weight excluding hydrogens is 474 g/mol. The highest BCUT2D eigenvalue weighted by Gasteiger charge is 2.15. The normalized spacial score (nSPS) is 10.7. The Labute approximate surface area is 165 Å². The molecule has 0 spiro atoms. The monoisotopic (exact) mass is 485 g/mol. The summed E-state index contributed by atoms with van der Waals surface area (Å²) in [6.45, 7) is 2.14. The minimum absolute atomic E-state index is 0.0588. The summed E-state index contributed by atoms with van der Waals surface area (Å²) in [4.78, 5) is 22.2. The molecule has 0 aliphatic carbocycles. The van der Waals surface area contributed by atoms with E-state index in [-0.39, 0.29) is 22.7 Å². The standard InChI is InChI=1S/C16H13Br2N3O5/c1-2-26-12-7-10(13(17)14(18)15(12)22)8-19-20-16(23)9-4-3-5-11(6-9)21(24)25/h3-8,22H,2H2,1H3,(H,20,23). The number of hydrazone groups is 1. The summed E-state index contributed by atoms with van der Waals surface area (Å²) >= 11 is 6.55. The summed E-state index contributed by atoms with van der Waals surface area (Å²) in [5.74, 6) is -0.394. The van der Waals surface area contributed by atoms with Crippen LogP contribution < -0.4 is 10.2 Å². The second-order valence-corrected chi connectivity index (χ2v) is 6.47. The van der Waals surface area contributed by atoms with Crippen LogP contribution >= 0.6 is 31.9 Å². The smallest absolute Gasteiger partial charge is 0.271 e. The highest BCUT2D eigenvalue weighted by molar-refractivity contribution is 9.13. The molecule has 0 radical (unpaired) electrons. The molecule has 26 heavy (non-hydrogen) atoms. The quantitative estimate of drug-likeness (QED) is 0.364. The summed E-state index contributed by atoms with van der Waals surface area (Å²) in [6, 6.07) is 6.86. The average Bonchev–Trinajstić information content (AvgIpc) is 2.63. The Balaban J connectivity index is 2.19. The zero-order valence-electron chi connectivity index (χ0n) is 13.4. The molecule has 0 saturated heterocycles. The lowest BCUT2D eigenvalue weighted by atomic mass is 10.2. The van der Waals surface area contributed by atoms with Crippen LogP contribution in [0, 0.1) is 10.1 Å². The molecule has 0 aliphatic rings. The number of phenols is 1. The first-order valence-electron chi connectivity index (χ1n) is 7.26. The van der Waals surface area contributed by atoms with Crippen LogP contribution in [0.5, 0.6) is 11.5 Å². The lowest BCUT2D eigenvalue weighted by Crippen LogP contribution is -2.17. The van der Waals surface area contributed by atoms with Gasteiger partial charge in [-0.05, 0) is 50.9 Å². The zero-order valence-corrected chi connectivity index (χ0v) is 16.6. The van der Waals surface area contributed by atoms with Gasteiger partial charge in [0.15, 0.2) is 11.5 Å². The van der Waals surface area contributed by atoms with Crippen LogP contribution in [0.25, 0.3) is 0 Å². The predicted octanol–water partition coefficient (Wildman–Crippen LogP) is 3.99. The van der Waals surface area contributed by atoms with Gasteiger partial charge < -0.3 is 9.84 Å². The van der Waals surface area contributed by atoms with Gasteiger partial charge in [0.25, 0.3) is 11.6 Å². The van der Waals surface area contributed by atoms with Crippen molar-refractivity contribution in [2.24, 2.45) is 5.10 Å². The van der Waals surface area contributed by atoms with E-state index in [0.717, 1.165) is 6.07 Å². The SMILES string of the molecule is CCOc1cc(C=NNC(=O)c2cccc([N+](=O)[O-])c2)c(Br)c(Br)c1O. The molecule has 0 aliphatic heterocycles. The molecule has 136 valence electrons. The molecule has 0 fully saturated rings. The maximum atomic E-state index is 12.1.